The zero-order chi connectivity index (χ0) is 16.3. The number of amides is 1. The number of hydrogen-bond acceptors (Lipinski definition) is 4. The molecule has 1 N–H and O–H groups in total. The minimum atomic E-state index is -3.23. The van der Waals surface area contributed by atoms with E-state index in [1.165, 1.54) is 4.31 Å². The van der Waals surface area contributed by atoms with Crippen LogP contribution in [0.25, 0.3) is 0 Å². The third-order valence-electron chi connectivity index (χ3n) is 3.70. The summed E-state index contributed by atoms with van der Waals surface area (Å²) in [5.41, 5.74) is 1.73. The summed E-state index contributed by atoms with van der Waals surface area (Å²) < 4.78 is 25.6. The van der Waals surface area contributed by atoms with Gasteiger partial charge in [0.2, 0.25) is 10.0 Å². The number of pyridine rings is 1. The molecule has 120 valence electrons. The van der Waals surface area contributed by atoms with Crippen LogP contribution < -0.4 is 9.62 Å². The highest BCUT2D eigenvalue weighted by Crippen LogP contribution is 2.24. The van der Waals surface area contributed by atoms with E-state index in [-0.39, 0.29) is 11.7 Å². The van der Waals surface area contributed by atoms with E-state index < -0.39 is 10.0 Å². The molecule has 1 aliphatic rings. The van der Waals surface area contributed by atoms with Crippen LogP contribution in [-0.2, 0) is 10.0 Å². The quantitative estimate of drug-likeness (QED) is 0.935. The SMILES string of the molecule is O=C(Nc1ccncc1)c1ccc(N2CCCCS2(=O)=O)cc1. The van der Waals surface area contributed by atoms with Crippen molar-refractivity contribution in [2.24, 2.45) is 0 Å². The van der Waals surface area contributed by atoms with Gasteiger partial charge in [0.25, 0.3) is 5.91 Å². The molecule has 0 bridgehead atoms. The molecule has 0 radical (unpaired) electrons. The predicted octanol–water partition coefficient (Wildman–Crippen LogP) is 2.26. The van der Waals surface area contributed by atoms with E-state index in [0.717, 1.165) is 6.42 Å². The Kier molecular flexibility index (Phi) is 4.29. The van der Waals surface area contributed by atoms with Gasteiger partial charge in [-0.05, 0) is 49.2 Å². The van der Waals surface area contributed by atoms with Gasteiger partial charge in [0, 0.05) is 30.2 Å². The number of sulfonamides is 1. The van der Waals surface area contributed by atoms with Crippen molar-refractivity contribution in [1.29, 1.82) is 0 Å². The molecule has 0 aliphatic carbocycles. The first kappa shape index (κ1) is 15.5. The van der Waals surface area contributed by atoms with Crippen molar-refractivity contribution in [3.05, 3.63) is 54.4 Å². The minimum Gasteiger partial charge on any atom is -0.322 e. The third-order valence-corrected chi connectivity index (χ3v) is 5.57. The molecule has 1 amide bonds. The fourth-order valence-corrected chi connectivity index (χ4v) is 4.14. The monoisotopic (exact) mass is 331 g/mol. The summed E-state index contributed by atoms with van der Waals surface area (Å²) in [6.07, 6.45) is 4.74. The molecule has 23 heavy (non-hydrogen) atoms. The van der Waals surface area contributed by atoms with E-state index in [2.05, 4.69) is 10.3 Å². The summed E-state index contributed by atoms with van der Waals surface area (Å²) in [5, 5.41) is 2.76. The van der Waals surface area contributed by atoms with Gasteiger partial charge in [0.15, 0.2) is 0 Å². The highest BCUT2D eigenvalue weighted by atomic mass is 32.2. The number of nitrogens with one attached hydrogen (secondary N) is 1. The maximum absolute atomic E-state index is 12.2. The molecule has 0 saturated carbocycles. The molecule has 1 aromatic carbocycles. The fraction of sp³-hybridized carbons (Fsp3) is 0.250. The Morgan fingerprint density at radius 2 is 1.74 bits per heavy atom. The Balaban J connectivity index is 1.75. The molecule has 0 atom stereocenters. The van der Waals surface area contributed by atoms with Gasteiger partial charge in [-0.1, -0.05) is 0 Å². The van der Waals surface area contributed by atoms with E-state index in [9.17, 15) is 13.2 Å². The van der Waals surface area contributed by atoms with Crippen molar-refractivity contribution in [1.82, 2.24) is 4.98 Å². The topological polar surface area (TPSA) is 79.4 Å². The average Bonchev–Trinajstić information content (AvgIpc) is 2.55. The largest absolute Gasteiger partial charge is 0.322 e. The Hall–Kier alpha value is -2.41. The number of nitrogens with zero attached hydrogens (tertiary/aromatic N) is 2. The van der Waals surface area contributed by atoms with Crippen LogP contribution in [0.15, 0.2) is 48.8 Å². The van der Waals surface area contributed by atoms with Gasteiger partial charge in [-0.25, -0.2) is 8.42 Å². The summed E-state index contributed by atoms with van der Waals surface area (Å²) in [6.45, 7) is 0.491. The van der Waals surface area contributed by atoms with E-state index in [4.69, 9.17) is 0 Å². The van der Waals surface area contributed by atoms with Crippen molar-refractivity contribution < 1.29 is 13.2 Å². The van der Waals surface area contributed by atoms with Gasteiger partial charge in [-0.2, -0.15) is 0 Å². The summed E-state index contributed by atoms with van der Waals surface area (Å²) in [6, 6.07) is 10.0. The second kappa shape index (κ2) is 6.37. The molecular weight excluding hydrogens is 314 g/mol. The summed E-state index contributed by atoms with van der Waals surface area (Å²) in [5.74, 6) is -0.0682. The lowest BCUT2D eigenvalue weighted by Gasteiger charge is -2.28. The van der Waals surface area contributed by atoms with E-state index in [0.29, 0.717) is 29.9 Å². The molecule has 7 heteroatoms. The molecule has 2 heterocycles. The van der Waals surface area contributed by atoms with Crippen LogP contribution in [0, 0.1) is 0 Å². The van der Waals surface area contributed by atoms with Crippen molar-refractivity contribution in [3.8, 4) is 0 Å². The summed E-state index contributed by atoms with van der Waals surface area (Å²) >= 11 is 0. The summed E-state index contributed by atoms with van der Waals surface area (Å²) in [4.78, 5) is 16.1. The molecule has 1 aromatic heterocycles. The maximum atomic E-state index is 12.2. The van der Waals surface area contributed by atoms with Crippen LogP contribution in [-0.4, -0.2) is 31.6 Å². The average molecular weight is 331 g/mol. The van der Waals surface area contributed by atoms with Gasteiger partial charge in [0.1, 0.15) is 0 Å². The molecule has 1 saturated heterocycles. The third kappa shape index (κ3) is 3.50. The smallest absolute Gasteiger partial charge is 0.255 e. The minimum absolute atomic E-state index is 0.178. The number of anilines is 2. The number of benzene rings is 1. The lowest BCUT2D eigenvalue weighted by Crippen LogP contribution is -2.37. The zero-order valence-electron chi connectivity index (χ0n) is 12.5. The molecule has 6 nitrogen and oxygen atoms in total. The van der Waals surface area contributed by atoms with E-state index in [1.807, 2.05) is 0 Å². The van der Waals surface area contributed by atoms with Crippen LogP contribution in [0.4, 0.5) is 11.4 Å². The molecular formula is C16H17N3O3S. The maximum Gasteiger partial charge on any atom is 0.255 e. The first-order chi connectivity index (χ1) is 11.1. The molecule has 0 spiro atoms. The zero-order valence-corrected chi connectivity index (χ0v) is 13.3. The van der Waals surface area contributed by atoms with Crippen LogP contribution >= 0.6 is 0 Å². The number of aromatic nitrogens is 1. The number of carbonyl (C=O) groups is 1. The van der Waals surface area contributed by atoms with Gasteiger partial charge in [0.05, 0.1) is 11.4 Å². The lowest BCUT2D eigenvalue weighted by molar-refractivity contribution is 0.102. The number of hydrogen-bond donors (Lipinski definition) is 1. The first-order valence-electron chi connectivity index (χ1n) is 7.38. The van der Waals surface area contributed by atoms with Gasteiger partial charge < -0.3 is 5.32 Å². The number of carbonyl (C=O) groups excluding carboxylic acids is 1. The van der Waals surface area contributed by atoms with Crippen LogP contribution in [0.3, 0.4) is 0 Å². The highest BCUT2D eigenvalue weighted by Gasteiger charge is 2.25. The second-order valence-electron chi connectivity index (χ2n) is 5.33. The fourth-order valence-electron chi connectivity index (χ4n) is 2.50. The molecule has 1 fully saturated rings. The van der Waals surface area contributed by atoms with E-state index in [1.54, 1.807) is 48.8 Å². The van der Waals surface area contributed by atoms with Crippen molar-refractivity contribution in [2.45, 2.75) is 12.8 Å². The molecule has 0 unspecified atom stereocenters. The summed E-state index contributed by atoms with van der Waals surface area (Å²) in [7, 11) is -3.23. The lowest BCUT2D eigenvalue weighted by atomic mass is 10.2. The van der Waals surface area contributed by atoms with E-state index >= 15 is 0 Å². The Morgan fingerprint density at radius 1 is 1.04 bits per heavy atom. The molecule has 2 aromatic rings. The Bertz CT molecular complexity index is 789. The van der Waals surface area contributed by atoms with Gasteiger partial charge in [-0.3, -0.25) is 14.1 Å². The standard InChI is InChI=1S/C16H17N3O3S/c20-16(18-14-7-9-17-10-8-14)13-3-5-15(6-4-13)19-11-1-2-12-23(19,21)22/h3-10H,1-2,11-12H2,(H,17,18,20). The molecule has 3 rings (SSSR count). The molecule has 1 aliphatic heterocycles. The Morgan fingerprint density at radius 3 is 2.39 bits per heavy atom. The predicted molar refractivity (Wildman–Crippen MR) is 89.0 cm³/mol. The number of rotatable bonds is 3. The normalized spacial score (nSPS) is 16.8. The second-order valence-corrected chi connectivity index (χ2v) is 7.34. The Labute approximate surface area is 135 Å². The van der Waals surface area contributed by atoms with Crippen LogP contribution in [0.1, 0.15) is 23.2 Å². The first-order valence-corrected chi connectivity index (χ1v) is 8.99. The van der Waals surface area contributed by atoms with Crippen molar-refractivity contribution >= 4 is 27.3 Å². The van der Waals surface area contributed by atoms with Crippen LogP contribution in [0.5, 0.6) is 0 Å². The van der Waals surface area contributed by atoms with Gasteiger partial charge in [-0.15, -0.1) is 0 Å². The van der Waals surface area contributed by atoms with Crippen LogP contribution in [0.2, 0.25) is 0 Å². The van der Waals surface area contributed by atoms with Gasteiger partial charge >= 0.3 is 0 Å². The van der Waals surface area contributed by atoms with Crippen molar-refractivity contribution in [2.75, 3.05) is 21.9 Å². The highest BCUT2D eigenvalue weighted by molar-refractivity contribution is 7.92. The van der Waals surface area contributed by atoms with Crippen molar-refractivity contribution in [3.63, 3.8) is 0 Å².